The Kier molecular flexibility index (Phi) is 3.74. The molecule has 0 spiro atoms. The molecule has 0 radical (unpaired) electrons. The number of nitrogens with two attached hydrogens (primary N) is 1. The monoisotopic (exact) mass is 200 g/mol. The van der Waals surface area contributed by atoms with Gasteiger partial charge in [-0.1, -0.05) is 0 Å². The molecule has 4 N–H and O–H groups in total. The number of Topliss-reactive ketones (excluding diaryl/α,β-unsaturated/α-hetero) is 2. The van der Waals surface area contributed by atoms with Gasteiger partial charge in [-0.2, -0.15) is 0 Å². The van der Waals surface area contributed by atoms with Crippen molar-refractivity contribution < 1.29 is 14.7 Å². The minimum absolute atomic E-state index is 0.420. The van der Waals surface area contributed by atoms with Crippen molar-refractivity contribution in [1.82, 2.24) is 5.32 Å². The summed E-state index contributed by atoms with van der Waals surface area (Å²) in [6.07, 6.45) is 0.179. The van der Waals surface area contributed by atoms with Crippen molar-refractivity contribution in [3.05, 3.63) is 0 Å². The van der Waals surface area contributed by atoms with Crippen LogP contribution in [0.5, 0.6) is 0 Å². The summed E-state index contributed by atoms with van der Waals surface area (Å²) in [5.41, 5.74) is 5.33. The van der Waals surface area contributed by atoms with Crippen LogP contribution in [-0.2, 0) is 9.59 Å². The second-order valence-electron chi connectivity index (χ2n) is 3.68. The van der Waals surface area contributed by atoms with Crippen LogP contribution in [0, 0.1) is 0 Å². The lowest BCUT2D eigenvalue weighted by molar-refractivity contribution is -0.143. The molecule has 0 aromatic rings. The van der Waals surface area contributed by atoms with Crippen LogP contribution in [0.3, 0.4) is 0 Å². The maximum atomic E-state index is 11.5. The van der Waals surface area contributed by atoms with E-state index < -0.39 is 29.8 Å². The summed E-state index contributed by atoms with van der Waals surface area (Å²) in [5, 5.41) is 12.2. The first-order valence-corrected chi connectivity index (χ1v) is 4.79. The smallest absolute Gasteiger partial charge is 0.229 e. The van der Waals surface area contributed by atoms with Gasteiger partial charge in [0, 0.05) is 6.04 Å². The molecule has 0 saturated carbocycles. The van der Waals surface area contributed by atoms with E-state index in [0.29, 0.717) is 6.42 Å². The van der Waals surface area contributed by atoms with Crippen LogP contribution in [0.1, 0.15) is 19.8 Å². The van der Waals surface area contributed by atoms with E-state index in [-0.39, 0.29) is 0 Å². The van der Waals surface area contributed by atoms with Gasteiger partial charge in [-0.15, -0.1) is 0 Å². The minimum Gasteiger partial charge on any atom is -0.383 e. The first-order chi connectivity index (χ1) is 6.54. The lowest BCUT2D eigenvalue weighted by Gasteiger charge is -2.14. The minimum atomic E-state index is -1.37. The number of rotatable bonds is 4. The number of hydrogen-bond acceptors (Lipinski definition) is 5. The van der Waals surface area contributed by atoms with Crippen molar-refractivity contribution in [3.63, 3.8) is 0 Å². The van der Waals surface area contributed by atoms with E-state index in [1.54, 1.807) is 0 Å². The molecule has 0 bridgehead atoms. The molecule has 1 saturated heterocycles. The molecule has 1 aliphatic rings. The van der Waals surface area contributed by atoms with Crippen molar-refractivity contribution in [2.45, 2.75) is 38.0 Å². The highest BCUT2D eigenvalue weighted by Crippen LogP contribution is 2.08. The highest BCUT2D eigenvalue weighted by molar-refractivity contribution is 6.40. The van der Waals surface area contributed by atoms with Crippen LogP contribution < -0.4 is 11.1 Å². The van der Waals surface area contributed by atoms with Crippen LogP contribution in [0.4, 0.5) is 0 Å². The Bertz CT molecular complexity index is 222. The largest absolute Gasteiger partial charge is 0.383 e. The first kappa shape index (κ1) is 11.3. The Balaban J connectivity index is 2.55. The van der Waals surface area contributed by atoms with Crippen molar-refractivity contribution in [2.75, 3.05) is 6.54 Å². The Morgan fingerprint density at radius 1 is 1.57 bits per heavy atom. The SMILES string of the molecule is C[C@H](N)C(O)C(=O)C(=O)[C@@H]1CCCN1. The van der Waals surface area contributed by atoms with Gasteiger partial charge >= 0.3 is 0 Å². The van der Waals surface area contributed by atoms with E-state index in [1.165, 1.54) is 6.92 Å². The Labute approximate surface area is 82.7 Å². The topological polar surface area (TPSA) is 92.4 Å². The van der Waals surface area contributed by atoms with E-state index in [2.05, 4.69) is 5.32 Å². The summed E-state index contributed by atoms with van der Waals surface area (Å²) in [6, 6.07) is -1.12. The molecule has 1 unspecified atom stereocenters. The van der Waals surface area contributed by atoms with Crippen LogP contribution in [0.2, 0.25) is 0 Å². The predicted octanol–water partition coefficient (Wildman–Crippen LogP) is -1.42. The molecule has 0 amide bonds. The van der Waals surface area contributed by atoms with E-state index in [9.17, 15) is 14.7 Å². The van der Waals surface area contributed by atoms with E-state index >= 15 is 0 Å². The van der Waals surface area contributed by atoms with E-state index in [1.807, 2.05) is 0 Å². The van der Waals surface area contributed by atoms with Crippen LogP contribution in [-0.4, -0.2) is 41.4 Å². The lowest BCUT2D eigenvalue weighted by atomic mass is 10.00. The Morgan fingerprint density at radius 3 is 2.64 bits per heavy atom. The fourth-order valence-electron chi connectivity index (χ4n) is 1.46. The van der Waals surface area contributed by atoms with Crippen molar-refractivity contribution in [2.24, 2.45) is 5.73 Å². The van der Waals surface area contributed by atoms with Gasteiger partial charge in [-0.25, -0.2) is 0 Å². The number of carbonyl (C=O) groups is 2. The predicted molar refractivity (Wildman–Crippen MR) is 50.7 cm³/mol. The van der Waals surface area contributed by atoms with Gasteiger partial charge < -0.3 is 16.2 Å². The normalized spacial score (nSPS) is 25.8. The summed E-state index contributed by atoms with van der Waals surface area (Å²) < 4.78 is 0. The van der Waals surface area contributed by atoms with Gasteiger partial charge in [-0.3, -0.25) is 9.59 Å². The first-order valence-electron chi connectivity index (χ1n) is 4.79. The zero-order valence-electron chi connectivity index (χ0n) is 8.19. The molecule has 1 heterocycles. The molecule has 1 rings (SSSR count). The molecular formula is C9H16N2O3. The fourth-order valence-corrected chi connectivity index (χ4v) is 1.46. The molecule has 0 aromatic carbocycles. The van der Waals surface area contributed by atoms with Crippen molar-refractivity contribution >= 4 is 11.6 Å². The Hall–Kier alpha value is -0.780. The maximum absolute atomic E-state index is 11.5. The fraction of sp³-hybridized carbons (Fsp3) is 0.778. The number of ketones is 2. The van der Waals surface area contributed by atoms with Crippen molar-refractivity contribution in [1.29, 1.82) is 0 Å². The van der Waals surface area contributed by atoms with Gasteiger partial charge in [0.2, 0.25) is 11.6 Å². The molecule has 0 aromatic heterocycles. The highest BCUT2D eigenvalue weighted by Gasteiger charge is 2.32. The number of hydrogen-bond donors (Lipinski definition) is 3. The van der Waals surface area contributed by atoms with E-state index in [0.717, 1.165) is 13.0 Å². The molecular weight excluding hydrogens is 184 g/mol. The van der Waals surface area contributed by atoms with Gasteiger partial charge in [0.15, 0.2) is 0 Å². The van der Waals surface area contributed by atoms with Gasteiger partial charge in [-0.05, 0) is 26.3 Å². The standard InChI is InChI=1S/C9H16N2O3/c1-5(10)7(12)9(14)8(13)6-3-2-4-11-6/h5-7,11-12H,2-4,10H2,1H3/t5-,6-,7?/m0/s1. The summed E-state index contributed by atoms with van der Waals surface area (Å²) >= 11 is 0. The third-order valence-corrected chi connectivity index (χ3v) is 2.39. The second kappa shape index (κ2) is 4.63. The van der Waals surface area contributed by atoms with Gasteiger partial charge in [0.05, 0.1) is 6.04 Å². The highest BCUT2D eigenvalue weighted by atomic mass is 16.3. The lowest BCUT2D eigenvalue weighted by Crippen LogP contribution is -2.46. The molecule has 1 aliphatic heterocycles. The molecule has 3 atom stereocenters. The van der Waals surface area contributed by atoms with E-state index in [4.69, 9.17) is 5.73 Å². The van der Waals surface area contributed by atoms with Gasteiger partial charge in [0.25, 0.3) is 0 Å². The number of carbonyl (C=O) groups excluding carboxylic acids is 2. The second-order valence-corrected chi connectivity index (χ2v) is 3.68. The molecule has 0 aliphatic carbocycles. The molecule has 1 fully saturated rings. The maximum Gasteiger partial charge on any atom is 0.229 e. The third-order valence-electron chi connectivity index (χ3n) is 2.39. The van der Waals surface area contributed by atoms with Gasteiger partial charge in [0.1, 0.15) is 6.10 Å². The quantitative estimate of drug-likeness (QED) is 0.485. The van der Waals surface area contributed by atoms with Crippen molar-refractivity contribution in [3.8, 4) is 0 Å². The Morgan fingerprint density at radius 2 is 2.21 bits per heavy atom. The molecule has 14 heavy (non-hydrogen) atoms. The molecule has 5 heteroatoms. The summed E-state index contributed by atoms with van der Waals surface area (Å²) in [4.78, 5) is 22.8. The zero-order valence-corrected chi connectivity index (χ0v) is 8.19. The zero-order chi connectivity index (χ0) is 10.7. The average Bonchev–Trinajstić information content (AvgIpc) is 2.67. The molecule has 5 nitrogen and oxygen atoms in total. The third kappa shape index (κ3) is 2.37. The van der Waals surface area contributed by atoms with Crippen LogP contribution >= 0.6 is 0 Å². The number of aliphatic hydroxyl groups excluding tert-OH is 1. The number of aliphatic hydroxyl groups is 1. The summed E-state index contributed by atoms with van der Waals surface area (Å²) in [6.45, 7) is 2.25. The summed E-state index contributed by atoms with van der Waals surface area (Å²) in [5.74, 6) is -1.33. The van der Waals surface area contributed by atoms with Crippen LogP contribution in [0.15, 0.2) is 0 Å². The summed E-state index contributed by atoms with van der Waals surface area (Å²) in [7, 11) is 0. The van der Waals surface area contributed by atoms with Crippen LogP contribution in [0.25, 0.3) is 0 Å². The number of nitrogens with one attached hydrogen (secondary N) is 1. The average molecular weight is 200 g/mol. The molecule has 80 valence electrons.